The normalized spacial score (nSPS) is 10.5. The van der Waals surface area contributed by atoms with Gasteiger partial charge >= 0.3 is 11.9 Å². The summed E-state index contributed by atoms with van der Waals surface area (Å²) in [6.07, 6.45) is 0. The van der Waals surface area contributed by atoms with E-state index in [1.165, 1.54) is 24.5 Å². The first-order valence-electron chi connectivity index (χ1n) is 9.71. The van der Waals surface area contributed by atoms with Crippen LogP contribution in [-0.2, 0) is 20.8 Å². The number of nitrogens with one attached hydrogen (secondary N) is 1. The average molecular weight is 522 g/mol. The monoisotopic (exact) mass is 521 g/mol. The molecule has 0 fully saturated rings. The molecule has 0 aliphatic carbocycles. The summed E-state index contributed by atoms with van der Waals surface area (Å²) in [5, 5.41) is 3.21. The largest absolute Gasteiger partial charge is 0.479 e. The first-order valence-corrected chi connectivity index (χ1v) is 11.3. The van der Waals surface area contributed by atoms with E-state index in [9.17, 15) is 14.0 Å². The summed E-state index contributed by atoms with van der Waals surface area (Å²) in [6, 6.07) is 14.0. The molecule has 2 aromatic carbocycles. The Labute approximate surface area is 197 Å². The van der Waals surface area contributed by atoms with Gasteiger partial charge in [-0.25, -0.2) is 14.0 Å². The fourth-order valence-electron chi connectivity index (χ4n) is 2.88. The Kier molecular flexibility index (Phi) is 8.24. The lowest BCUT2D eigenvalue weighted by Gasteiger charge is -2.09. The third kappa shape index (κ3) is 5.66. The van der Waals surface area contributed by atoms with Gasteiger partial charge in [-0.2, -0.15) is 0 Å². The number of carbonyl (C=O) groups excluding carboxylic acids is 2. The van der Waals surface area contributed by atoms with Gasteiger partial charge < -0.3 is 19.5 Å². The van der Waals surface area contributed by atoms with Crippen LogP contribution in [0.4, 0.5) is 10.1 Å². The highest BCUT2D eigenvalue weighted by Gasteiger charge is 2.25. The summed E-state index contributed by atoms with van der Waals surface area (Å²) in [6.45, 7) is 1.91. The van der Waals surface area contributed by atoms with Gasteiger partial charge in [0.15, 0.2) is 17.2 Å². The zero-order valence-electron chi connectivity index (χ0n) is 17.4. The van der Waals surface area contributed by atoms with Gasteiger partial charge in [0.2, 0.25) is 0 Å². The molecule has 168 valence electrons. The van der Waals surface area contributed by atoms with Crippen molar-refractivity contribution >= 4 is 44.9 Å². The topological polar surface area (TPSA) is 73.9 Å². The van der Waals surface area contributed by atoms with Gasteiger partial charge in [0.1, 0.15) is 5.82 Å². The Morgan fingerprint density at radius 3 is 2.66 bits per heavy atom. The van der Waals surface area contributed by atoms with Crippen LogP contribution in [0.3, 0.4) is 0 Å². The van der Waals surface area contributed by atoms with Crippen molar-refractivity contribution in [3.63, 3.8) is 0 Å². The first kappa shape index (κ1) is 23.7. The third-order valence-electron chi connectivity index (χ3n) is 4.39. The molecule has 0 spiro atoms. The number of ether oxygens (including phenoxy) is 3. The minimum Gasteiger partial charge on any atom is -0.479 e. The van der Waals surface area contributed by atoms with Crippen molar-refractivity contribution in [3.05, 3.63) is 69.3 Å². The van der Waals surface area contributed by atoms with E-state index in [4.69, 9.17) is 14.2 Å². The highest BCUT2D eigenvalue weighted by molar-refractivity contribution is 9.10. The van der Waals surface area contributed by atoms with Gasteiger partial charge in [-0.05, 0) is 46.6 Å². The maximum atomic E-state index is 13.9. The number of benzene rings is 2. The lowest BCUT2D eigenvalue weighted by Crippen LogP contribution is -2.15. The molecule has 9 heteroatoms. The molecule has 0 unspecified atom stereocenters. The highest BCUT2D eigenvalue weighted by atomic mass is 79.9. The van der Waals surface area contributed by atoms with Crippen molar-refractivity contribution in [1.29, 1.82) is 0 Å². The van der Waals surface area contributed by atoms with Gasteiger partial charge in [0.05, 0.1) is 23.1 Å². The molecule has 0 bridgehead atoms. The minimum absolute atomic E-state index is 0.217. The summed E-state index contributed by atoms with van der Waals surface area (Å²) in [4.78, 5) is 24.9. The fraction of sp³-hybridized carbons (Fsp3) is 0.217. The van der Waals surface area contributed by atoms with Gasteiger partial charge in [0, 0.05) is 17.8 Å². The number of anilines is 1. The second-order valence-electron chi connectivity index (χ2n) is 6.51. The van der Waals surface area contributed by atoms with E-state index in [0.29, 0.717) is 16.6 Å². The second kappa shape index (κ2) is 11.1. The standard InChI is InChI=1S/C23H21BrFNO5S/c1-3-30-18(27)13-31-20-19(24)21(32-22(20)23(28)29-2)14-8-6-9-16(11-14)26-12-15-7-4-5-10-17(15)25/h4-11,26H,3,12-13H2,1-2H3. The van der Waals surface area contributed by atoms with Crippen LogP contribution in [0.1, 0.15) is 22.2 Å². The summed E-state index contributed by atoms with van der Waals surface area (Å²) in [5.74, 6) is -1.17. The van der Waals surface area contributed by atoms with E-state index in [1.54, 1.807) is 25.1 Å². The van der Waals surface area contributed by atoms with Crippen LogP contribution in [0.5, 0.6) is 5.75 Å². The molecule has 0 aliphatic heterocycles. The molecular formula is C23H21BrFNO5S. The van der Waals surface area contributed by atoms with Crippen molar-refractivity contribution in [3.8, 4) is 16.2 Å². The van der Waals surface area contributed by atoms with E-state index in [1.807, 2.05) is 24.3 Å². The Balaban J connectivity index is 1.86. The molecule has 0 amide bonds. The summed E-state index contributed by atoms with van der Waals surface area (Å²) in [7, 11) is 1.28. The Hall–Kier alpha value is -2.91. The third-order valence-corrected chi connectivity index (χ3v) is 6.60. The van der Waals surface area contributed by atoms with E-state index in [0.717, 1.165) is 16.1 Å². The predicted molar refractivity (Wildman–Crippen MR) is 125 cm³/mol. The average Bonchev–Trinajstić information content (AvgIpc) is 3.13. The Morgan fingerprint density at radius 2 is 1.94 bits per heavy atom. The number of methoxy groups -OCH3 is 1. The fourth-order valence-corrected chi connectivity index (χ4v) is 4.85. The molecule has 0 saturated carbocycles. The van der Waals surface area contributed by atoms with Crippen LogP contribution in [0.25, 0.3) is 10.4 Å². The molecular weight excluding hydrogens is 501 g/mol. The van der Waals surface area contributed by atoms with Crippen LogP contribution < -0.4 is 10.1 Å². The van der Waals surface area contributed by atoms with Crippen molar-refractivity contribution in [2.75, 3.05) is 25.6 Å². The van der Waals surface area contributed by atoms with Crippen LogP contribution in [-0.4, -0.2) is 32.3 Å². The maximum Gasteiger partial charge on any atom is 0.351 e. The summed E-state index contributed by atoms with van der Waals surface area (Å²) < 4.78 is 29.7. The van der Waals surface area contributed by atoms with Gasteiger partial charge in [-0.1, -0.05) is 30.3 Å². The molecule has 1 heterocycles. The quantitative estimate of drug-likeness (QED) is 0.366. The van der Waals surface area contributed by atoms with Gasteiger partial charge in [0.25, 0.3) is 0 Å². The molecule has 0 atom stereocenters. The van der Waals surface area contributed by atoms with Crippen molar-refractivity contribution < 1.29 is 28.2 Å². The SMILES string of the molecule is CCOC(=O)COc1c(C(=O)OC)sc(-c2cccc(NCc3ccccc3F)c2)c1Br. The number of rotatable bonds is 9. The number of hydrogen-bond donors (Lipinski definition) is 1. The lowest BCUT2D eigenvalue weighted by molar-refractivity contribution is -0.145. The molecule has 0 radical (unpaired) electrons. The van der Waals surface area contributed by atoms with Crippen LogP contribution >= 0.6 is 27.3 Å². The maximum absolute atomic E-state index is 13.9. The molecule has 6 nitrogen and oxygen atoms in total. The van der Waals surface area contributed by atoms with Crippen molar-refractivity contribution in [1.82, 2.24) is 0 Å². The minimum atomic E-state index is -0.574. The lowest BCUT2D eigenvalue weighted by atomic mass is 10.1. The molecule has 0 aliphatic rings. The predicted octanol–water partition coefficient (Wildman–Crippen LogP) is 5.66. The molecule has 0 saturated heterocycles. The van der Waals surface area contributed by atoms with Crippen LogP contribution in [0.15, 0.2) is 53.0 Å². The van der Waals surface area contributed by atoms with E-state index >= 15 is 0 Å². The molecule has 1 aromatic heterocycles. The summed E-state index contributed by atoms with van der Waals surface area (Å²) >= 11 is 4.67. The van der Waals surface area contributed by atoms with Gasteiger partial charge in [-0.15, -0.1) is 11.3 Å². The highest BCUT2D eigenvalue weighted by Crippen LogP contribution is 2.46. The number of carbonyl (C=O) groups is 2. The first-order chi connectivity index (χ1) is 15.4. The van der Waals surface area contributed by atoms with Crippen LogP contribution in [0.2, 0.25) is 0 Å². The van der Waals surface area contributed by atoms with E-state index < -0.39 is 11.9 Å². The zero-order valence-corrected chi connectivity index (χ0v) is 19.8. The number of thiophene rings is 1. The summed E-state index contributed by atoms with van der Waals surface area (Å²) in [5.41, 5.74) is 2.13. The van der Waals surface area contributed by atoms with Crippen molar-refractivity contribution in [2.45, 2.75) is 13.5 Å². The zero-order chi connectivity index (χ0) is 23.1. The van der Waals surface area contributed by atoms with Crippen molar-refractivity contribution in [2.24, 2.45) is 0 Å². The Morgan fingerprint density at radius 1 is 1.16 bits per heavy atom. The number of halogens is 2. The Bertz CT molecular complexity index is 1120. The number of hydrogen-bond acceptors (Lipinski definition) is 7. The smallest absolute Gasteiger partial charge is 0.351 e. The van der Waals surface area contributed by atoms with E-state index in [-0.39, 0.29) is 29.7 Å². The molecule has 1 N–H and O–H groups in total. The molecule has 32 heavy (non-hydrogen) atoms. The number of esters is 2. The molecule has 3 aromatic rings. The molecule has 3 rings (SSSR count). The van der Waals surface area contributed by atoms with Crippen LogP contribution in [0, 0.1) is 5.82 Å². The van der Waals surface area contributed by atoms with E-state index in [2.05, 4.69) is 21.2 Å². The second-order valence-corrected chi connectivity index (χ2v) is 8.33. The van der Waals surface area contributed by atoms with Gasteiger partial charge in [-0.3, -0.25) is 0 Å².